The highest BCUT2D eigenvalue weighted by molar-refractivity contribution is 7.11. The number of anilines is 1. The second-order valence-corrected chi connectivity index (χ2v) is 6.59. The SMILES string of the molecule is COc1ccc(N/C(=C/C(=O)c2ccccc2Cl)c2cccs2)cc1. The number of hydrogen-bond acceptors (Lipinski definition) is 4. The van der Waals surface area contributed by atoms with Crippen molar-refractivity contribution in [2.45, 2.75) is 0 Å². The average Bonchev–Trinajstić information content (AvgIpc) is 3.16. The number of nitrogens with one attached hydrogen (secondary N) is 1. The van der Waals surface area contributed by atoms with E-state index >= 15 is 0 Å². The van der Waals surface area contributed by atoms with Crippen LogP contribution in [0, 0.1) is 0 Å². The van der Waals surface area contributed by atoms with Gasteiger partial charge in [0.25, 0.3) is 0 Å². The van der Waals surface area contributed by atoms with Crippen LogP contribution in [-0.2, 0) is 0 Å². The predicted octanol–water partition coefficient (Wildman–Crippen LogP) is 5.75. The second-order valence-electron chi connectivity index (χ2n) is 5.23. The fourth-order valence-electron chi connectivity index (χ4n) is 2.30. The van der Waals surface area contributed by atoms with Gasteiger partial charge in [0.05, 0.1) is 22.7 Å². The third-order valence-electron chi connectivity index (χ3n) is 3.57. The van der Waals surface area contributed by atoms with E-state index in [0.717, 1.165) is 22.0 Å². The molecule has 0 aliphatic carbocycles. The second kappa shape index (κ2) is 8.01. The maximum absolute atomic E-state index is 12.6. The summed E-state index contributed by atoms with van der Waals surface area (Å²) >= 11 is 7.70. The Morgan fingerprint density at radius 3 is 2.48 bits per heavy atom. The summed E-state index contributed by atoms with van der Waals surface area (Å²) in [6, 6.07) is 18.5. The van der Waals surface area contributed by atoms with Crippen LogP contribution in [0.1, 0.15) is 15.2 Å². The highest BCUT2D eigenvalue weighted by Crippen LogP contribution is 2.25. The van der Waals surface area contributed by atoms with Gasteiger partial charge in [-0.25, -0.2) is 0 Å². The molecular formula is C20H16ClNO2S. The molecular weight excluding hydrogens is 354 g/mol. The summed E-state index contributed by atoms with van der Waals surface area (Å²) in [5.41, 5.74) is 2.08. The number of halogens is 1. The summed E-state index contributed by atoms with van der Waals surface area (Å²) in [7, 11) is 1.63. The molecule has 25 heavy (non-hydrogen) atoms. The van der Waals surface area contributed by atoms with Gasteiger partial charge in [0.1, 0.15) is 5.75 Å². The minimum Gasteiger partial charge on any atom is -0.497 e. The summed E-state index contributed by atoms with van der Waals surface area (Å²) in [5.74, 6) is 0.634. The van der Waals surface area contributed by atoms with Crippen LogP contribution in [0.25, 0.3) is 5.70 Å². The van der Waals surface area contributed by atoms with Gasteiger partial charge in [0.2, 0.25) is 0 Å². The van der Waals surface area contributed by atoms with Gasteiger partial charge in [-0.05, 0) is 47.8 Å². The third-order valence-corrected chi connectivity index (χ3v) is 4.80. The quantitative estimate of drug-likeness (QED) is 0.444. The van der Waals surface area contributed by atoms with Crippen LogP contribution < -0.4 is 10.1 Å². The number of methoxy groups -OCH3 is 1. The van der Waals surface area contributed by atoms with Crippen molar-refractivity contribution in [3.05, 3.63) is 87.6 Å². The van der Waals surface area contributed by atoms with Gasteiger partial charge >= 0.3 is 0 Å². The summed E-state index contributed by atoms with van der Waals surface area (Å²) < 4.78 is 5.17. The number of thiophene rings is 1. The van der Waals surface area contributed by atoms with Gasteiger partial charge in [-0.2, -0.15) is 0 Å². The van der Waals surface area contributed by atoms with E-state index < -0.39 is 0 Å². The number of carbonyl (C=O) groups excluding carboxylic acids is 1. The standard InChI is InChI=1S/C20H16ClNO2S/c1-24-15-10-8-14(9-11-15)22-18(20-7-4-12-25-20)13-19(23)16-5-2-3-6-17(16)21/h2-13,22H,1H3/b18-13+. The van der Waals surface area contributed by atoms with Gasteiger partial charge in [-0.1, -0.05) is 29.8 Å². The average molecular weight is 370 g/mol. The van der Waals surface area contributed by atoms with E-state index in [1.54, 1.807) is 48.8 Å². The fourth-order valence-corrected chi connectivity index (χ4v) is 3.23. The van der Waals surface area contributed by atoms with Crippen molar-refractivity contribution in [3.8, 4) is 5.75 Å². The lowest BCUT2D eigenvalue weighted by Crippen LogP contribution is -2.03. The normalized spacial score (nSPS) is 11.2. The Morgan fingerprint density at radius 1 is 1.08 bits per heavy atom. The lowest BCUT2D eigenvalue weighted by Gasteiger charge is -2.11. The van der Waals surface area contributed by atoms with E-state index in [-0.39, 0.29) is 5.78 Å². The Bertz CT molecular complexity index is 886. The van der Waals surface area contributed by atoms with E-state index in [1.165, 1.54) is 0 Å². The highest BCUT2D eigenvalue weighted by atomic mass is 35.5. The van der Waals surface area contributed by atoms with E-state index in [0.29, 0.717) is 10.6 Å². The molecule has 3 nitrogen and oxygen atoms in total. The molecule has 0 radical (unpaired) electrons. The molecule has 2 aromatic carbocycles. The topological polar surface area (TPSA) is 38.3 Å². The van der Waals surface area contributed by atoms with Gasteiger partial charge in [0, 0.05) is 17.3 Å². The number of rotatable bonds is 6. The van der Waals surface area contributed by atoms with E-state index in [4.69, 9.17) is 16.3 Å². The molecule has 5 heteroatoms. The fraction of sp³-hybridized carbons (Fsp3) is 0.0500. The lowest BCUT2D eigenvalue weighted by molar-refractivity contribution is 0.104. The Balaban J connectivity index is 1.92. The molecule has 0 aliphatic heterocycles. The molecule has 0 unspecified atom stereocenters. The molecule has 126 valence electrons. The minimum absolute atomic E-state index is 0.144. The zero-order valence-electron chi connectivity index (χ0n) is 13.5. The Kier molecular flexibility index (Phi) is 5.53. The van der Waals surface area contributed by atoms with Gasteiger partial charge in [0.15, 0.2) is 5.78 Å². The first-order chi connectivity index (χ1) is 12.2. The van der Waals surface area contributed by atoms with Crippen LogP contribution in [0.5, 0.6) is 5.75 Å². The molecule has 1 aromatic heterocycles. The van der Waals surface area contributed by atoms with E-state index in [2.05, 4.69) is 5.32 Å². The van der Waals surface area contributed by atoms with Crippen molar-refractivity contribution in [1.82, 2.24) is 0 Å². The molecule has 0 aliphatic rings. The smallest absolute Gasteiger partial charge is 0.189 e. The number of carbonyl (C=O) groups is 1. The molecule has 3 rings (SSSR count). The van der Waals surface area contributed by atoms with Crippen LogP contribution in [0.15, 0.2) is 72.1 Å². The molecule has 0 fully saturated rings. The maximum Gasteiger partial charge on any atom is 0.189 e. The summed E-state index contributed by atoms with van der Waals surface area (Å²) in [6.45, 7) is 0. The highest BCUT2D eigenvalue weighted by Gasteiger charge is 2.11. The molecule has 0 amide bonds. The third kappa shape index (κ3) is 4.29. The number of allylic oxidation sites excluding steroid dienone is 1. The van der Waals surface area contributed by atoms with Gasteiger partial charge in [-0.15, -0.1) is 11.3 Å². The van der Waals surface area contributed by atoms with Crippen LogP contribution in [0.2, 0.25) is 5.02 Å². The summed E-state index contributed by atoms with van der Waals surface area (Å²) in [4.78, 5) is 13.6. The van der Waals surface area contributed by atoms with E-state index in [9.17, 15) is 4.79 Å². The van der Waals surface area contributed by atoms with Gasteiger partial charge < -0.3 is 10.1 Å². The zero-order valence-corrected chi connectivity index (χ0v) is 15.1. The minimum atomic E-state index is -0.144. The predicted molar refractivity (Wildman–Crippen MR) is 105 cm³/mol. The zero-order chi connectivity index (χ0) is 17.6. The number of ketones is 1. The van der Waals surface area contributed by atoms with Crippen LogP contribution in [0.4, 0.5) is 5.69 Å². The monoisotopic (exact) mass is 369 g/mol. The van der Waals surface area contributed by atoms with Crippen molar-refractivity contribution >= 4 is 40.1 Å². The molecule has 0 spiro atoms. The molecule has 1 heterocycles. The summed E-state index contributed by atoms with van der Waals surface area (Å²) in [6.07, 6.45) is 1.58. The maximum atomic E-state index is 12.6. The van der Waals surface area contributed by atoms with Crippen LogP contribution in [-0.4, -0.2) is 12.9 Å². The number of benzene rings is 2. The van der Waals surface area contributed by atoms with Gasteiger partial charge in [-0.3, -0.25) is 4.79 Å². The largest absolute Gasteiger partial charge is 0.497 e. The van der Waals surface area contributed by atoms with Crippen LogP contribution in [0.3, 0.4) is 0 Å². The molecule has 0 bridgehead atoms. The van der Waals surface area contributed by atoms with Crippen molar-refractivity contribution in [2.75, 3.05) is 12.4 Å². The van der Waals surface area contributed by atoms with Crippen molar-refractivity contribution in [3.63, 3.8) is 0 Å². The first kappa shape index (κ1) is 17.3. The first-order valence-electron chi connectivity index (χ1n) is 7.63. The van der Waals surface area contributed by atoms with Crippen molar-refractivity contribution in [1.29, 1.82) is 0 Å². The molecule has 0 saturated heterocycles. The first-order valence-corrected chi connectivity index (χ1v) is 8.88. The Morgan fingerprint density at radius 2 is 1.84 bits per heavy atom. The summed E-state index contributed by atoms with van der Waals surface area (Å²) in [5, 5.41) is 5.72. The molecule has 1 N–H and O–H groups in total. The van der Waals surface area contributed by atoms with Crippen LogP contribution >= 0.6 is 22.9 Å². The number of ether oxygens (including phenoxy) is 1. The lowest BCUT2D eigenvalue weighted by atomic mass is 10.1. The Hall–Kier alpha value is -2.56. The molecule has 0 atom stereocenters. The Labute approximate surface area is 155 Å². The van der Waals surface area contributed by atoms with Crippen molar-refractivity contribution < 1.29 is 9.53 Å². The molecule has 0 saturated carbocycles. The van der Waals surface area contributed by atoms with E-state index in [1.807, 2.05) is 41.8 Å². The van der Waals surface area contributed by atoms with Crippen molar-refractivity contribution in [2.24, 2.45) is 0 Å². The number of hydrogen-bond donors (Lipinski definition) is 1. The molecule has 3 aromatic rings.